The average Bonchev–Trinajstić information content (AvgIpc) is 2.72. The topological polar surface area (TPSA) is 73.9 Å². The molecule has 1 amide bonds. The molecule has 2 N–H and O–H groups in total. The molecule has 0 saturated heterocycles. The molecule has 0 radical (unpaired) electrons. The number of aliphatic imine (C=N–C) groups is 1. The fourth-order valence-corrected chi connectivity index (χ4v) is 3.46. The molecule has 0 aromatic heterocycles. The number of hydrogen-bond acceptors (Lipinski definition) is 4. The lowest BCUT2D eigenvalue weighted by molar-refractivity contribution is -0.196. The molecular formula is C19H28N2O3. The highest BCUT2D eigenvalue weighted by Crippen LogP contribution is 2.39. The molecule has 0 spiro atoms. The van der Waals surface area contributed by atoms with Crippen LogP contribution in [-0.4, -0.2) is 24.0 Å². The van der Waals surface area contributed by atoms with Gasteiger partial charge in [0, 0.05) is 17.7 Å². The molecule has 1 unspecified atom stereocenters. The van der Waals surface area contributed by atoms with E-state index in [0.29, 0.717) is 18.1 Å². The Kier molecular flexibility index (Phi) is 4.77. The van der Waals surface area contributed by atoms with E-state index in [-0.39, 0.29) is 11.0 Å². The van der Waals surface area contributed by atoms with E-state index in [1.54, 1.807) is 13.0 Å². The second kappa shape index (κ2) is 6.20. The first-order chi connectivity index (χ1) is 11.0. The standard InChI is InChI=1S/C19H28N2O3/c1-7-23-19(16(20)22)14-11-9-8-10-13(14)15(24-19)21-18(5,6)12-17(2,3)4/h8-11H,7,12H2,1-6H3,(H2,20,22). The fourth-order valence-electron chi connectivity index (χ4n) is 3.46. The summed E-state index contributed by atoms with van der Waals surface area (Å²) in [5.74, 6) is -1.86. The number of ether oxygens (including phenoxy) is 2. The van der Waals surface area contributed by atoms with E-state index in [9.17, 15) is 4.79 Å². The molecule has 0 saturated carbocycles. The lowest BCUT2D eigenvalue weighted by Crippen LogP contribution is -2.44. The van der Waals surface area contributed by atoms with Gasteiger partial charge in [-0.15, -0.1) is 0 Å². The number of carbonyl (C=O) groups is 1. The van der Waals surface area contributed by atoms with E-state index in [1.165, 1.54) is 0 Å². The van der Waals surface area contributed by atoms with Crippen LogP contribution in [-0.2, 0) is 20.1 Å². The first-order valence-corrected chi connectivity index (χ1v) is 8.33. The first-order valence-electron chi connectivity index (χ1n) is 8.33. The zero-order chi connectivity index (χ0) is 18.2. The highest BCUT2D eigenvalue weighted by Gasteiger charge is 2.51. The summed E-state index contributed by atoms with van der Waals surface area (Å²) < 4.78 is 11.6. The SMILES string of the molecule is CCOC1(C(N)=O)OC(=NC(C)(C)CC(C)(C)C)c2ccccc21. The molecule has 1 aromatic carbocycles. The Balaban J connectivity index is 2.51. The van der Waals surface area contributed by atoms with E-state index in [4.69, 9.17) is 20.2 Å². The zero-order valence-electron chi connectivity index (χ0n) is 15.5. The highest BCUT2D eigenvalue weighted by atomic mass is 16.7. The Bertz CT molecular complexity index is 659. The summed E-state index contributed by atoms with van der Waals surface area (Å²) in [6.07, 6.45) is 0.868. The fraction of sp³-hybridized carbons (Fsp3) is 0.579. The van der Waals surface area contributed by atoms with Crippen LogP contribution in [0, 0.1) is 5.41 Å². The van der Waals surface area contributed by atoms with Gasteiger partial charge in [-0.1, -0.05) is 39.0 Å². The van der Waals surface area contributed by atoms with Gasteiger partial charge in [-0.2, -0.15) is 0 Å². The molecule has 2 rings (SSSR count). The number of fused-ring (bicyclic) bond motifs is 1. The number of carbonyl (C=O) groups excluding carboxylic acids is 1. The van der Waals surface area contributed by atoms with Gasteiger partial charge in [-0.3, -0.25) is 4.79 Å². The molecule has 5 nitrogen and oxygen atoms in total. The summed E-state index contributed by atoms with van der Waals surface area (Å²) in [4.78, 5) is 16.9. The molecule has 1 aromatic rings. The Morgan fingerprint density at radius 2 is 1.88 bits per heavy atom. The van der Waals surface area contributed by atoms with E-state index in [2.05, 4.69) is 34.6 Å². The number of nitrogens with two attached hydrogens (primary N) is 1. The Morgan fingerprint density at radius 1 is 1.25 bits per heavy atom. The van der Waals surface area contributed by atoms with Crippen molar-refractivity contribution in [1.82, 2.24) is 0 Å². The highest BCUT2D eigenvalue weighted by molar-refractivity contribution is 6.04. The van der Waals surface area contributed by atoms with E-state index in [1.807, 2.05) is 18.2 Å². The van der Waals surface area contributed by atoms with Gasteiger partial charge in [0.05, 0.1) is 5.54 Å². The smallest absolute Gasteiger partial charge is 0.320 e. The van der Waals surface area contributed by atoms with E-state index >= 15 is 0 Å². The molecule has 1 aliphatic heterocycles. The number of nitrogens with zero attached hydrogens (tertiary/aromatic N) is 1. The molecule has 1 atom stereocenters. The number of rotatable bonds is 5. The lowest BCUT2D eigenvalue weighted by Gasteiger charge is -2.30. The molecule has 132 valence electrons. The Morgan fingerprint density at radius 3 is 2.42 bits per heavy atom. The monoisotopic (exact) mass is 332 g/mol. The molecule has 5 heteroatoms. The second-order valence-corrected chi connectivity index (χ2v) is 8.03. The van der Waals surface area contributed by atoms with Crippen molar-refractivity contribution in [2.75, 3.05) is 6.61 Å². The van der Waals surface area contributed by atoms with Crippen LogP contribution in [0.5, 0.6) is 0 Å². The summed E-state index contributed by atoms with van der Waals surface area (Å²) in [6.45, 7) is 12.7. The minimum atomic E-state index is -1.60. The first kappa shape index (κ1) is 18.5. The third-order valence-electron chi connectivity index (χ3n) is 3.79. The van der Waals surface area contributed by atoms with Crippen LogP contribution in [0.4, 0.5) is 0 Å². The molecule has 24 heavy (non-hydrogen) atoms. The van der Waals surface area contributed by atoms with E-state index < -0.39 is 11.7 Å². The zero-order valence-corrected chi connectivity index (χ0v) is 15.5. The Labute approximate surface area is 144 Å². The number of primary amides is 1. The van der Waals surface area contributed by atoms with Crippen molar-refractivity contribution in [3.63, 3.8) is 0 Å². The minimum Gasteiger partial charge on any atom is -0.431 e. The molecule has 1 heterocycles. The van der Waals surface area contributed by atoms with Crippen molar-refractivity contribution in [2.24, 2.45) is 16.1 Å². The van der Waals surface area contributed by atoms with Gasteiger partial charge in [0.2, 0.25) is 5.90 Å². The van der Waals surface area contributed by atoms with E-state index in [0.717, 1.165) is 12.0 Å². The van der Waals surface area contributed by atoms with Crippen molar-refractivity contribution in [2.45, 2.75) is 59.3 Å². The van der Waals surface area contributed by atoms with Gasteiger partial charge < -0.3 is 15.2 Å². The predicted molar refractivity (Wildman–Crippen MR) is 94.7 cm³/mol. The Hall–Kier alpha value is -1.88. The summed E-state index contributed by atoms with van der Waals surface area (Å²) in [5.41, 5.74) is 6.76. The maximum atomic E-state index is 12.1. The summed E-state index contributed by atoms with van der Waals surface area (Å²) >= 11 is 0. The van der Waals surface area contributed by atoms with Crippen molar-refractivity contribution >= 4 is 11.8 Å². The van der Waals surface area contributed by atoms with Gasteiger partial charge >= 0.3 is 5.79 Å². The van der Waals surface area contributed by atoms with Crippen molar-refractivity contribution < 1.29 is 14.3 Å². The molecule has 0 bridgehead atoms. The van der Waals surface area contributed by atoms with Crippen molar-refractivity contribution in [3.8, 4) is 0 Å². The average molecular weight is 332 g/mol. The maximum Gasteiger partial charge on any atom is 0.320 e. The summed E-state index contributed by atoms with van der Waals surface area (Å²) in [7, 11) is 0. The van der Waals surface area contributed by atoms with Crippen LogP contribution >= 0.6 is 0 Å². The van der Waals surface area contributed by atoms with Gasteiger partial charge in [0.1, 0.15) is 0 Å². The number of hydrogen-bond donors (Lipinski definition) is 1. The summed E-state index contributed by atoms with van der Waals surface area (Å²) in [5, 5.41) is 0. The molecular weight excluding hydrogens is 304 g/mol. The van der Waals surface area contributed by atoms with Crippen LogP contribution < -0.4 is 5.73 Å². The van der Waals surface area contributed by atoms with Crippen LogP contribution in [0.25, 0.3) is 0 Å². The normalized spacial score (nSPS) is 22.3. The minimum absolute atomic E-state index is 0.117. The maximum absolute atomic E-state index is 12.1. The third kappa shape index (κ3) is 3.61. The lowest BCUT2D eigenvalue weighted by atomic mass is 9.82. The van der Waals surface area contributed by atoms with Crippen LogP contribution in [0.2, 0.25) is 0 Å². The second-order valence-electron chi connectivity index (χ2n) is 8.03. The molecule has 1 aliphatic rings. The quantitative estimate of drug-likeness (QED) is 0.898. The molecule has 0 fully saturated rings. The van der Waals surface area contributed by atoms with Gasteiger partial charge in [-0.05, 0) is 38.7 Å². The summed E-state index contributed by atoms with van der Waals surface area (Å²) in [6, 6.07) is 7.40. The largest absolute Gasteiger partial charge is 0.431 e. The predicted octanol–water partition coefficient (Wildman–Crippen LogP) is 3.35. The number of benzene rings is 1. The van der Waals surface area contributed by atoms with Crippen molar-refractivity contribution in [1.29, 1.82) is 0 Å². The van der Waals surface area contributed by atoms with Gasteiger partial charge in [-0.25, -0.2) is 4.99 Å². The van der Waals surface area contributed by atoms with Crippen LogP contribution in [0.1, 0.15) is 59.1 Å². The third-order valence-corrected chi connectivity index (χ3v) is 3.79. The number of amides is 1. The van der Waals surface area contributed by atoms with Crippen LogP contribution in [0.3, 0.4) is 0 Å². The van der Waals surface area contributed by atoms with Crippen LogP contribution in [0.15, 0.2) is 29.3 Å². The van der Waals surface area contributed by atoms with Gasteiger partial charge in [0.15, 0.2) is 0 Å². The van der Waals surface area contributed by atoms with Crippen molar-refractivity contribution in [3.05, 3.63) is 35.4 Å². The molecule has 0 aliphatic carbocycles. The van der Waals surface area contributed by atoms with Gasteiger partial charge in [0.25, 0.3) is 5.91 Å².